The fourth-order valence-corrected chi connectivity index (χ4v) is 5.43. The molecule has 2 saturated heterocycles. The second kappa shape index (κ2) is 8.66. The number of amides is 4. The van der Waals surface area contributed by atoms with Gasteiger partial charge in [0.05, 0.1) is 7.11 Å². The lowest BCUT2D eigenvalue weighted by Gasteiger charge is -2.29. The molecule has 1 aliphatic carbocycles. The Morgan fingerprint density at radius 1 is 1.32 bits per heavy atom. The number of H-pyrrole nitrogens is 1. The molecule has 0 bridgehead atoms. The Labute approximate surface area is 196 Å². The van der Waals surface area contributed by atoms with Gasteiger partial charge in [-0.1, -0.05) is 6.07 Å². The average Bonchev–Trinajstić information content (AvgIpc) is 3.27. The lowest BCUT2D eigenvalue weighted by molar-refractivity contribution is -0.132. The van der Waals surface area contributed by atoms with Crippen LogP contribution in [0.3, 0.4) is 0 Å². The minimum absolute atomic E-state index is 0.0642. The molecule has 180 valence electrons. The fourth-order valence-electron chi connectivity index (χ4n) is 5.43. The van der Waals surface area contributed by atoms with Gasteiger partial charge in [0.2, 0.25) is 17.7 Å². The first-order valence-corrected chi connectivity index (χ1v) is 11.7. The number of rotatable bonds is 7. The van der Waals surface area contributed by atoms with E-state index in [0.717, 1.165) is 23.7 Å². The van der Waals surface area contributed by atoms with Crippen molar-refractivity contribution in [3.05, 3.63) is 30.0 Å². The van der Waals surface area contributed by atoms with E-state index >= 15 is 0 Å². The van der Waals surface area contributed by atoms with E-state index in [1.54, 1.807) is 18.1 Å². The third-order valence-electron chi connectivity index (χ3n) is 7.33. The van der Waals surface area contributed by atoms with Crippen LogP contribution in [0.1, 0.15) is 36.2 Å². The molecule has 34 heavy (non-hydrogen) atoms. The van der Waals surface area contributed by atoms with E-state index in [1.807, 2.05) is 18.2 Å². The predicted molar refractivity (Wildman–Crippen MR) is 123 cm³/mol. The lowest BCUT2D eigenvalue weighted by atomic mass is 9.91. The number of nitrogens with zero attached hydrogens (tertiary/aromatic N) is 1. The Kier molecular flexibility index (Phi) is 5.66. The van der Waals surface area contributed by atoms with Crippen LogP contribution in [-0.4, -0.2) is 65.8 Å². The van der Waals surface area contributed by atoms with Crippen molar-refractivity contribution in [3.63, 3.8) is 0 Å². The number of carbonyl (C=O) groups excluding carboxylic acids is 4. The summed E-state index contributed by atoms with van der Waals surface area (Å²) in [6.45, 7) is 1.10. The lowest BCUT2D eigenvalue weighted by Crippen LogP contribution is -2.54. The summed E-state index contributed by atoms with van der Waals surface area (Å²) in [5.41, 5.74) is 6.71. The van der Waals surface area contributed by atoms with Crippen molar-refractivity contribution in [2.24, 2.45) is 23.5 Å². The maximum atomic E-state index is 13.4. The molecule has 4 amide bonds. The van der Waals surface area contributed by atoms with Crippen molar-refractivity contribution in [2.75, 3.05) is 20.2 Å². The Balaban J connectivity index is 1.33. The zero-order chi connectivity index (χ0) is 24.0. The van der Waals surface area contributed by atoms with Gasteiger partial charge in [0.25, 0.3) is 5.91 Å². The van der Waals surface area contributed by atoms with Crippen LogP contribution in [0, 0.1) is 17.8 Å². The van der Waals surface area contributed by atoms with Crippen molar-refractivity contribution < 1.29 is 23.9 Å². The molecule has 5 atom stereocenters. The van der Waals surface area contributed by atoms with Crippen LogP contribution in [0.5, 0.6) is 5.75 Å². The molecular weight excluding hydrogens is 438 g/mol. The highest BCUT2D eigenvalue weighted by Crippen LogP contribution is 2.50. The predicted octanol–water partition coefficient (Wildman–Crippen LogP) is 0.523. The van der Waals surface area contributed by atoms with Crippen LogP contribution in [0.25, 0.3) is 10.9 Å². The highest BCUT2D eigenvalue weighted by Gasteiger charge is 2.57. The van der Waals surface area contributed by atoms with Gasteiger partial charge in [0, 0.05) is 29.9 Å². The monoisotopic (exact) mass is 467 g/mol. The molecule has 2 aromatic rings. The zero-order valence-electron chi connectivity index (χ0n) is 19.0. The molecule has 1 unspecified atom stereocenters. The second-order valence-electron chi connectivity index (χ2n) is 9.50. The van der Waals surface area contributed by atoms with Gasteiger partial charge in [-0.2, -0.15) is 0 Å². The molecule has 1 aromatic heterocycles. The van der Waals surface area contributed by atoms with E-state index < -0.39 is 23.9 Å². The SMILES string of the molecule is COc1cccc2[nH]c(C(=O)N3C[C@@H]4C[C@@H]4C3C(=O)N[C@@H](C[C@@H]3CCCNC3=O)C(N)=O)cc12. The van der Waals surface area contributed by atoms with Gasteiger partial charge in [-0.15, -0.1) is 0 Å². The molecule has 5 N–H and O–H groups in total. The van der Waals surface area contributed by atoms with E-state index in [1.165, 1.54) is 0 Å². The number of hydrogen-bond acceptors (Lipinski definition) is 5. The molecule has 3 heterocycles. The molecule has 2 aliphatic heterocycles. The molecule has 1 aromatic carbocycles. The van der Waals surface area contributed by atoms with Crippen LogP contribution in [0.4, 0.5) is 0 Å². The summed E-state index contributed by atoms with van der Waals surface area (Å²) in [7, 11) is 1.57. The van der Waals surface area contributed by atoms with Crippen molar-refractivity contribution in [1.29, 1.82) is 0 Å². The van der Waals surface area contributed by atoms with Gasteiger partial charge < -0.3 is 31.0 Å². The van der Waals surface area contributed by atoms with E-state index in [-0.39, 0.29) is 36.0 Å². The third-order valence-corrected chi connectivity index (χ3v) is 7.33. The number of piperidine rings is 2. The third kappa shape index (κ3) is 3.97. The molecule has 0 spiro atoms. The number of nitrogens with two attached hydrogens (primary N) is 1. The Morgan fingerprint density at radius 3 is 2.88 bits per heavy atom. The molecular formula is C24H29N5O5. The minimum Gasteiger partial charge on any atom is -0.496 e. The first-order chi connectivity index (χ1) is 16.4. The van der Waals surface area contributed by atoms with E-state index in [9.17, 15) is 19.2 Å². The van der Waals surface area contributed by atoms with Crippen molar-refractivity contribution in [1.82, 2.24) is 20.5 Å². The highest BCUT2D eigenvalue weighted by atomic mass is 16.5. The summed E-state index contributed by atoms with van der Waals surface area (Å²) in [5.74, 6) is -0.854. The van der Waals surface area contributed by atoms with E-state index in [4.69, 9.17) is 10.5 Å². The van der Waals surface area contributed by atoms with Crippen LogP contribution in [0.2, 0.25) is 0 Å². The number of aromatic amines is 1. The number of primary amides is 1. The number of nitrogens with one attached hydrogen (secondary N) is 3. The van der Waals surface area contributed by atoms with Crippen LogP contribution in [-0.2, 0) is 14.4 Å². The van der Waals surface area contributed by atoms with E-state index in [0.29, 0.717) is 31.0 Å². The normalized spacial score (nSPS) is 26.5. The van der Waals surface area contributed by atoms with Crippen LogP contribution in [0.15, 0.2) is 24.3 Å². The quantitative estimate of drug-likeness (QED) is 0.469. The average molecular weight is 468 g/mol. The number of benzene rings is 1. The highest BCUT2D eigenvalue weighted by molar-refractivity contribution is 6.02. The number of methoxy groups -OCH3 is 1. The maximum absolute atomic E-state index is 13.4. The summed E-state index contributed by atoms with van der Waals surface area (Å²) < 4.78 is 5.38. The van der Waals surface area contributed by atoms with Crippen molar-refractivity contribution in [3.8, 4) is 5.75 Å². The Bertz CT molecular complexity index is 1160. The summed E-state index contributed by atoms with van der Waals surface area (Å²) in [6, 6.07) is 5.62. The zero-order valence-corrected chi connectivity index (χ0v) is 19.0. The summed E-state index contributed by atoms with van der Waals surface area (Å²) in [6.07, 6.45) is 2.49. The van der Waals surface area contributed by atoms with Gasteiger partial charge in [-0.3, -0.25) is 19.2 Å². The van der Waals surface area contributed by atoms with Crippen molar-refractivity contribution in [2.45, 2.75) is 37.8 Å². The number of likely N-dealkylation sites (tertiary alicyclic amines) is 1. The van der Waals surface area contributed by atoms with Gasteiger partial charge >= 0.3 is 0 Å². The van der Waals surface area contributed by atoms with Crippen LogP contribution < -0.4 is 21.1 Å². The topological polar surface area (TPSA) is 147 Å². The van der Waals surface area contributed by atoms with Crippen LogP contribution >= 0.6 is 0 Å². The molecule has 3 aliphatic rings. The fraction of sp³-hybridized carbons (Fsp3) is 0.500. The maximum Gasteiger partial charge on any atom is 0.271 e. The van der Waals surface area contributed by atoms with Gasteiger partial charge in [0.15, 0.2) is 0 Å². The molecule has 3 fully saturated rings. The van der Waals surface area contributed by atoms with Gasteiger partial charge in [0.1, 0.15) is 23.5 Å². The minimum atomic E-state index is -0.964. The smallest absolute Gasteiger partial charge is 0.271 e. The summed E-state index contributed by atoms with van der Waals surface area (Å²) >= 11 is 0. The first-order valence-electron chi connectivity index (χ1n) is 11.7. The summed E-state index contributed by atoms with van der Waals surface area (Å²) in [5, 5.41) is 6.33. The molecule has 10 heteroatoms. The Morgan fingerprint density at radius 2 is 2.15 bits per heavy atom. The second-order valence-corrected chi connectivity index (χ2v) is 9.50. The van der Waals surface area contributed by atoms with Gasteiger partial charge in [-0.05, 0) is 55.7 Å². The first kappa shape index (κ1) is 22.2. The standard InChI is InChI=1S/C24H29N5O5/c1-34-19-6-2-5-16-15(19)10-18(27-16)24(33)29-11-13-8-14(13)20(29)23(32)28-17(21(25)30)9-12-4-3-7-26-22(12)31/h2,5-6,10,12-14,17,20,27H,3-4,7-9,11H2,1H3,(H2,25,30)(H,26,31)(H,28,32)/t12-,13-,14-,17-,20?/m0/s1. The Hall–Kier alpha value is -3.56. The largest absolute Gasteiger partial charge is 0.496 e. The number of carbonyl (C=O) groups is 4. The molecule has 0 radical (unpaired) electrons. The number of ether oxygens (including phenoxy) is 1. The number of hydrogen-bond donors (Lipinski definition) is 4. The number of aromatic nitrogens is 1. The molecule has 1 saturated carbocycles. The van der Waals surface area contributed by atoms with Gasteiger partial charge in [-0.25, -0.2) is 0 Å². The number of fused-ring (bicyclic) bond motifs is 2. The van der Waals surface area contributed by atoms with E-state index in [2.05, 4.69) is 15.6 Å². The van der Waals surface area contributed by atoms with Crippen molar-refractivity contribution >= 4 is 34.5 Å². The molecule has 10 nitrogen and oxygen atoms in total. The molecule has 5 rings (SSSR count). The summed E-state index contributed by atoms with van der Waals surface area (Å²) in [4.78, 5) is 55.6.